The Bertz CT molecular complexity index is 1730. The van der Waals surface area contributed by atoms with Gasteiger partial charge in [-0.2, -0.15) is 0 Å². The molecule has 0 radical (unpaired) electrons. The summed E-state index contributed by atoms with van der Waals surface area (Å²) < 4.78 is 34.3. The van der Waals surface area contributed by atoms with E-state index in [-0.39, 0.29) is 32.0 Å². The number of ether oxygens (including phenoxy) is 2. The molecular formula is C76H138NO8P. The van der Waals surface area contributed by atoms with Crippen molar-refractivity contribution in [3.63, 3.8) is 0 Å². The third-order valence-corrected chi connectivity index (χ3v) is 16.9. The fourth-order valence-electron chi connectivity index (χ4n) is 10.4. The quantitative estimate of drug-likeness (QED) is 0.0195. The van der Waals surface area contributed by atoms with Crippen molar-refractivity contribution in [2.24, 2.45) is 0 Å². The highest BCUT2D eigenvalue weighted by molar-refractivity contribution is 7.45. The van der Waals surface area contributed by atoms with Crippen LogP contribution in [-0.2, 0) is 32.7 Å². The highest BCUT2D eigenvalue weighted by atomic mass is 31.2. The highest BCUT2D eigenvalue weighted by Crippen LogP contribution is 2.38. The SMILES string of the molecule is CC/C=C\C/C=C\C/C=C\C/C=C\C/C=C\C/C=C\C/C=C\CCCCCCCCCCCCCCCCCCCCCC(=O)OC(COC(=O)CCCCCCCCCCCCCCCCCCCCCCC)COP(=O)([O-])OCC[N+](C)(C)C. The summed E-state index contributed by atoms with van der Waals surface area (Å²) in [5.41, 5.74) is 0. The molecule has 0 aliphatic heterocycles. The van der Waals surface area contributed by atoms with Crippen LogP contribution in [0.2, 0.25) is 0 Å². The van der Waals surface area contributed by atoms with Crippen molar-refractivity contribution in [1.29, 1.82) is 0 Å². The second-order valence-corrected chi connectivity index (χ2v) is 27.0. The van der Waals surface area contributed by atoms with Crippen LogP contribution >= 0.6 is 7.82 Å². The average molecular weight is 1220 g/mol. The molecule has 0 N–H and O–H groups in total. The topological polar surface area (TPSA) is 111 Å². The van der Waals surface area contributed by atoms with E-state index in [4.69, 9.17) is 18.5 Å². The molecule has 0 aliphatic rings. The van der Waals surface area contributed by atoms with Crippen LogP contribution in [0.25, 0.3) is 0 Å². The zero-order valence-electron chi connectivity index (χ0n) is 57.0. The number of likely N-dealkylation sites (N-methyl/N-ethyl adjacent to an activating group) is 1. The van der Waals surface area contributed by atoms with Gasteiger partial charge in [0.2, 0.25) is 0 Å². The Hall–Kier alpha value is -2.81. The summed E-state index contributed by atoms with van der Waals surface area (Å²) in [7, 11) is 1.18. The van der Waals surface area contributed by atoms with Crippen LogP contribution in [0.1, 0.15) is 335 Å². The number of quaternary nitrogens is 1. The van der Waals surface area contributed by atoms with Gasteiger partial charge in [0.05, 0.1) is 27.7 Å². The molecule has 0 spiro atoms. The number of nitrogens with zero attached hydrogens (tertiary/aromatic N) is 1. The third-order valence-electron chi connectivity index (χ3n) is 15.9. The molecule has 9 nitrogen and oxygen atoms in total. The van der Waals surface area contributed by atoms with E-state index in [1.165, 1.54) is 218 Å². The van der Waals surface area contributed by atoms with Crippen molar-refractivity contribution in [3.05, 3.63) is 85.1 Å². The maximum atomic E-state index is 12.9. The predicted molar refractivity (Wildman–Crippen MR) is 369 cm³/mol. The number of unbranched alkanes of at least 4 members (excludes halogenated alkanes) is 39. The minimum atomic E-state index is -4.64. The van der Waals surface area contributed by atoms with Gasteiger partial charge in [-0.3, -0.25) is 14.2 Å². The van der Waals surface area contributed by atoms with Gasteiger partial charge in [-0.1, -0.05) is 336 Å². The fourth-order valence-corrected chi connectivity index (χ4v) is 11.1. The molecule has 0 aromatic heterocycles. The minimum absolute atomic E-state index is 0.0296. The lowest BCUT2D eigenvalue weighted by Crippen LogP contribution is -2.37. The Kier molecular flexibility index (Phi) is 64.4. The average Bonchev–Trinajstić information content (AvgIpc) is 3.70. The monoisotopic (exact) mass is 1220 g/mol. The first-order chi connectivity index (χ1) is 42.0. The first kappa shape index (κ1) is 83.2. The lowest BCUT2D eigenvalue weighted by atomic mass is 10.0. The van der Waals surface area contributed by atoms with Crippen molar-refractivity contribution in [1.82, 2.24) is 0 Å². The summed E-state index contributed by atoms with van der Waals surface area (Å²) in [5, 5.41) is 0. The van der Waals surface area contributed by atoms with E-state index in [0.717, 1.165) is 83.5 Å². The zero-order valence-corrected chi connectivity index (χ0v) is 57.9. The number of hydrogen-bond donors (Lipinski definition) is 0. The third kappa shape index (κ3) is 70.3. The van der Waals surface area contributed by atoms with Gasteiger partial charge in [-0.25, -0.2) is 0 Å². The van der Waals surface area contributed by atoms with Gasteiger partial charge >= 0.3 is 11.9 Å². The highest BCUT2D eigenvalue weighted by Gasteiger charge is 2.22. The summed E-state index contributed by atoms with van der Waals surface area (Å²) in [6, 6.07) is 0. The lowest BCUT2D eigenvalue weighted by molar-refractivity contribution is -0.870. The zero-order chi connectivity index (χ0) is 62.6. The molecule has 0 heterocycles. The number of hydrogen-bond acceptors (Lipinski definition) is 8. The number of phosphoric acid groups is 1. The van der Waals surface area contributed by atoms with Crippen molar-refractivity contribution in [2.45, 2.75) is 341 Å². The van der Waals surface area contributed by atoms with E-state index in [1.54, 1.807) is 0 Å². The Morgan fingerprint density at radius 3 is 0.988 bits per heavy atom. The molecule has 0 amide bonds. The normalized spacial score (nSPS) is 13.6. The van der Waals surface area contributed by atoms with Crippen LogP contribution in [-0.4, -0.2) is 70.0 Å². The van der Waals surface area contributed by atoms with E-state index in [2.05, 4.69) is 98.9 Å². The number of carbonyl (C=O) groups is 2. The van der Waals surface area contributed by atoms with Crippen LogP contribution in [0.5, 0.6) is 0 Å². The van der Waals surface area contributed by atoms with Gasteiger partial charge in [0.1, 0.15) is 19.8 Å². The summed E-state index contributed by atoms with van der Waals surface area (Å²) >= 11 is 0. The van der Waals surface area contributed by atoms with Gasteiger partial charge in [-0.15, -0.1) is 0 Å². The second kappa shape index (κ2) is 66.6. The second-order valence-electron chi connectivity index (χ2n) is 25.6. The van der Waals surface area contributed by atoms with Crippen LogP contribution < -0.4 is 4.89 Å². The number of phosphoric ester groups is 1. The molecule has 500 valence electrons. The van der Waals surface area contributed by atoms with E-state index in [9.17, 15) is 19.0 Å². The Labute approximate surface area is 532 Å². The van der Waals surface area contributed by atoms with Crippen molar-refractivity contribution in [3.8, 4) is 0 Å². The molecule has 2 unspecified atom stereocenters. The van der Waals surface area contributed by atoms with E-state index >= 15 is 0 Å². The summed E-state index contributed by atoms with van der Waals surface area (Å²) in [6.07, 6.45) is 91.0. The van der Waals surface area contributed by atoms with Crippen LogP contribution in [0.3, 0.4) is 0 Å². The maximum Gasteiger partial charge on any atom is 0.306 e. The van der Waals surface area contributed by atoms with Gasteiger partial charge in [0.15, 0.2) is 6.10 Å². The Balaban J connectivity index is 3.95. The molecule has 86 heavy (non-hydrogen) atoms. The number of allylic oxidation sites excluding steroid dienone is 14. The van der Waals surface area contributed by atoms with Gasteiger partial charge in [0, 0.05) is 12.8 Å². The van der Waals surface area contributed by atoms with Gasteiger partial charge in [0.25, 0.3) is 7.82 Å². The van der Waals surface area contributed by atoms with Crippen molar-refractivity contribution >= 4 is 19.8 Å². The summed E-state index contributed by atoms with van der Waals surface area (Å²) in [4.78, 5) is 38.1. The standard InChI is InChI=1S/C76H138NO8P/c1-6-8-10-12-14-16-18-20-22-24-26-28-29-30-31-32-33-34-35-36-37-38-39-40-41-42-43-44-45-46-47-49-51-53-55-57-59-61-63-65-67-69-76(79)85-74(73-84-86(80,81)83-71-70-77(3,4)5)72-82-75(78)68-66-64-62-60-58-56-54-52-50-48-27-25-23-21-19-17-15-13-11-9-7-2/h8,10,14,16,20,22,26,28,30-31,33-34,36-37,74H,6-7,9,11-13,15,17-19,21,23-25,27,29,32,35,38-73H2,1-5H3/b10-8-,16-14-,22-20-,28-26-,31-30-,34-33-,37-36-. The molecule has 0 rings (SSSR count). The number of carbonyl (C=O) groups excluding carboxylic acids is 2. The molecule has 0 aromatic carbocycles. The summed E-state index contributed by atoms with van der Waals surface area (Å²) in [6.45, 7) is 4.18. The Morgan fingerprint density at radius 2 is 0.663 bits per heavy atom. The van der Waals surface area contributed by atoms with E-state index in [0.29, 0.717) is 17.4 Å². The summed E-state index contributed by atoms with van der Waals surface area (Å²) in [5.74, 6) is -0.816. The van der Waals surface area contributed by atoms with Gasteiger partial charge in [-0.05, 0) is 70.6 Å². The molecule has 0 aromatic rings. The predicted octanol–water partition coefficient (Wildman–Crippen LogP) is 23.1. The Morgan fingerprint density at radius 1 is 0.372 bits per heavy atom. The molecule has 2 atom stereocenters. The number of rotatable bonds is 67. The first-order valence-electron chi connectivity index (χ1n) is 36.3. The molecule has 0 fully saturated rings. The van der Waals surface area contributed by atoms with Crippen molar-refractivity contribution < 1.29 is 42.1 Å². The van der Waals surface area contributed by atoms with E-state index in [1.807, 2.05) is 21.1 Å². The molecule has 0 aliphatic carbocycles. The van der Waals surface area contributed by atoms with Gasteiger partial charge < -0.3 is 27.9 Å². The van der Waals surface area contributed by atoms with Crippen LogP contribution in [0.4, 0.5) is 0 Å². The molecular weight excluding hydrogens is 1090 g/mol. The smallest absolute Gasteiger partial charge is 0.306 e. The van der Waals surface area contributed by atoms with Crippen molar-refractivity contribution in [2.75, 3.05) is 47.5 Å². The lowest BCUT2D eigenvalue weighted by Gasteiger charge is -2.28. The molecule has 0 saturated carbocycles. The minimum Gasteiger partial charge on any atom is -0.756 e. The van der Waals surface area contributed by atoms with Crippen LogP contribution in [0, 0.1) is 0 Å². The first-order valence-corrected chi connectivity index (χ1v) is 37.8. The molecule has 0 bridgehead atoms. The number of esters is 2. The maximum absolute atomic E-state index is 12.9. The van der Waals surface area contributed by atoms with E-state index < -0.39 is 26.5 Å². The van der Waals surface area contributed by atoms with Crippen LogP contribution in [0.15, 0.2) is 85.1 Å². The molecule has 10 heteroatoms. The largest absolute Gasteiger partial charge is 0.756 e. The fraction of sp³-hybridized carbons (Fsp3) is 0.789. The molecule has 0 saturated heterocycles.